The molecule has 0 fully saturated rings. The van der Waals surface area contributed by atoms with E-state index in [4.69, 9.17) is 10.7 Å². The Morgan fingerprint density at radius 1 is 1.11 bits per heavy atom. The Bertz CT molecular complexity index is 1680. The SMILES string of the molecule is C#C.Cc1cc(C(C)(C)C)cc(F)c1C(=O)N(C)c1cccc(-n2cc(C(N)=O)c3ccc(NCCN(C)C)nc32)c1CO. The normalized spacial score (nSPS) is 11.3. The maximum absolute atomic E-state index is 15.4. The molecule has 0 saturated carbocycles. The van der Waals surface area contributed by atoms with Crippen molar-refractivity contribution in [3.8, 4) is 18.5 Å². The minimum Gasteiger partial charge on any atom is -0.392 e. The molecule has 0 atom stereocenters. The molecule has 0 saturated heterocycles. The largest absolute Gasteiger partial charge is 0.392 e. The van der Waals surface area contributed by atoms with Gasteiger partial charge in [-0.15, -0.1) is 12.8 Å². The van der Waals surface area contributed by atoms with Gasteiger partial charge in [0.15, 0.2) is 0 Å². The number of likely N-dealkylation sites (N-methyl/N-ethyl adjacent to an activating group) is 1. The number of hydrogen-bond donors (Lipinski definition) is 3. The quantitative estimate of drug-likeness (QED) is 0.236. The highest BCUT2D eigenvalue weighted by Gasteiger charge is 2.26. The van der Waals surface area contributed by atoms with Gasteiger partial charge in [-0.2, -0.15) is 0 Å². The molecule has 9 nitrogen and oxygen atoms in total. The number of halogens is 1. The summed E-state index contributed by atoms with van der Waals surface area (Å²) in [5.74, 6) is -1.15. The number of aromatic nitrogens is 2. The third kappa shape index (κ3) is 6.91. The number of carbonyl (C=O) groups is 2. The molecule has 2 amide bonds. The van der Waals surface area contributed by atoms with Gasteiger partial charge in [-0.25, -0.2) is 9.37 Å². The highest BCUT2D eigenvalue weighted by molar-refractivity contribution is 6.08. The second kappa shape index (κ2) is 13.7. The summed E-state index contributed by atoms with van der Waals surface area (Å²) in [6, 6.07) is 12.0. The molecule has 10 heteroatoms. The van der Waals surface area contributed by atoms with Crippen LogP contribution in [0, 0.1) is 25.6 Å². The van der Waals surface area contributed by atoms with Crippen molar-refractivity contribution in [3.63, 3.8) is 0 Å². The van der Waals surface area contributed by atoms with Gasteiger partial charge in [0.25, 0.3) is 11.8 Å². The zero-order valence-corrected chi connectivity index (χ0v) is 26.4. The molecule has 0 unspecified atom stereocenters. The van der Waals surface area contributed by atoms with E-state index in [1.807, 2.05) is 45.8 Å². The number of nitrogens with one attached hydrogen (secondary N) is 1. The van der Waals surface area contributed by atoms with Crippen molar-refractivity contribution in [2.75, 3.05) is 44.4 Å². The average molecular weight is 601 g/mol. The summed E-state index contributed by atoms with van der Waals surface area (Å²) in [6.45, 7) is 8.70. The Labute approximate surface area is 258 Å². The van der Waals surface area contributed by atoms with Crippen LogP contribution >= 0.6 is 0 Å². The molecule has 0 bridgehead atoms. The number of aryl methyl sites for hydroxylation is 1. The van der Waals surface area contributed by atoms with Gasteiger partial charge in [-0.05, 0) is 67.9 Å². The number of amides is 2. The van der Waals surface area contributed by atoms with Crippen LogP contribution in [0.3, 0.4) is 0 Å². The molecular weight excluding hydrogens is 559 g/mol. The maximum atomic E-state index is 15.4. The Hall–Kier alpha value is -4.72. The molecule has 4 N–H and O–H groups in total. The number of rotatable bonds is 9. The van der Waals surface area contributed by atoms with Crippen LogP contribution in [-0.2, 0) is 12.0 Å². The fraction of sp³-hybridized carbons (Fsp3) is 0.324. The van der Waals surface area contributed by atoms with Crippen LogP contribution in [0.4, 0.5) is 15.9 Å². The predicted molar refractivity (Wildman–Crippen MR) is 175 cm³/mol. The van der Waals surface area contributed by atoms with Crippen molar-refractivity contribution in [2.45, 2.75) is 39.7 Å². The van der Waals surface area contributed by atoms with E-state index in [0.29, 0.717) is 45.9 Å². The summed E-state index contributed by atoms with van der Waals surface area (Å²) < 4.78 is 17.0. The van der Waals surface area contributed by atoms with E-state index in [1.165, 1.54) is 11.0 Å². The van der Waals surface area contributed by atoms with Crippen LogP contribution in [0.15, 0.2) is 48.7 Å². The van der Waals surface area contributed by atoms with Gasteiger partial charge in [-0.3, -0.25) is 14.2 Å². The van der Waals surface area contributed by atoms with Crippen molar-refractivity contribution >= 4 is 34.4 Å². The lowest BCUT2D eigenvalue weighted by Gasteiger charge is -2.25. The van der Waals surface area contributed by atoms with Gasteiger partial charge in [0.1, 0.15) is 17.3 Å². The number of terminal acetylenes is 1. The van der Waals surface area contributed by atoms with Gasteiger partial charge >= 0.3 is 0 Å². The molecule has 0 aliphatic rings. The standard InChI is InChI=1S/C32H39FN6O3.C2H2/c1-19-15-20(32(2,3)4)16-24(33)28(19)31(42)38(7)25-9-8-10-26(23(25)18-40)39-17-22(29(34)41)21-11-12-27(36-30(21)39)35-13-14-37(5)6;1-2/h8-12,15-17,40H,13-14,18H2,1-7H3,(H2,34,41)(H,35,36);1-2H. The second-order valence-corrected chi connectivity index (χ2v) is 11.8. The van der Waals surface area contributed by atoms with Crippen LogP contribution in [0.5, 0.6) is 0 Å². The summed E-state index contributed by atoms with van der Waals surface area (Å²) in [6.07, 6.45) is 9.58. The topological polar surface area (TPSA) is 117 Å². The third-order valence-electron chi connectivity index (χ3n) is 7.36. The first-order chi connectivity index (χ1) is 20.7. The van der Waals surface area contributed by atoms with Crippen molar-refractivity contribution < 1.29 is 19.1 Å². The Morgan fingerprint density at radius 3 is 2.36 bits per heavy atom. The summed E-state index contributed by atoms with van der Waals surface area (Å²) in [7, 11) is 5.50. The van der Waals surface area contributed by atoms with Gasteiger partial charge in [0, 0.05) is 37.3 Å². The van der Waals surface area contributed by atoms with Crippen LogP contribution in [-0.4, -0.2) is 65.6 Å². The minimum atomic E-state index is -0.618. The monoisotopic (exact) mass is 600 g/mol. The number of fused-ring (bicyclic) bond motifs is 1. The van der Waals surface area contributed by atoms with Crippen molar-refractivity contribution in [1.82, 2.24) is 14.5 Å². The smallest absolute Gasteiger partial charge is 0.261 e. The molecule has 4 rings (SSSR count). The second-order valence-electron chi connectivity index (χ2n) is 11.8. The maximum Gasteiger partial charge on any atom is 0.261 e. The summed E-state index contributed by atoms with van der Waals surface area (Å²) >= 11 is 0. The molecule has 0 aliphatic carbocycles. The molecule has 0 radical (unpaired) electrons. The first kappa shape index (κ1) is 33.8. The molecular formula is C34H41FN6O3. The number of nitrogens with two attached hydrogens (primary N) is 1. The van der Waals surface area contributed by atoms with Crippen molar-refractivity contribution in [1.29, 1.82) is 0 Å². The van der Waals surface area contributed by atoms with Crippen molar-refractivity contribution in [2.24, 2.45) is 5.73 Å². The van der Waals surface area contributed by atoms with Crippen molar-refractivity contribution in [3.05, 3.63) is 82.3 Å². The zero-order valence-electron chi connectivity index (χ0n) is 26.4. The van der Waals surface area contributed by atoms with E-state index in [1.54, 1.807) is 55.1 Å². The van der Waals surface area contributed by atoms with Crippen LogP contribution in [0.2, 0.25) is 0 Å². The first-order valence-electron chi connectivity index (χ1n) is 14.1. The van der Waals surface area contributed by atoms with Gasteiger partial charge in [0.05, 0.1) is 29.1 Å². The molecule has 2 aromatic carbocycles. The lowest BCUT2D eigenvalue weighted by molar-refractivity contribution is 0.0984. The van der Waals surface area contributed by atoms with Gasteiger partial charge in [0.2, 0.25) is 0 Å². The highest BCUT2D eigenvalue weighted by Crippen LogP contribution is 2.33. The van der Waals surface area contributed by atoms with Gasteiger partial charge in [-0.1, -0.05) is 32.9 Å². The van der Waals surface area contributed by atoms with Gasteiger partial charge < -0.3 is 26.0 Å². The molecule has 2 heterocycles. The first-order valence-corrected chi connectivity index (χ1v) is 14.1. The molecule has 44 heavy (non-hydrogen) atoms. The molecule has 4 aromatic rings. The Morgan fingerprint density at radius 2 is 1.80 bits per heavy atom. The van der Waals surface area contributed by atoms with Crippen LogP contribution < -0.4 is 16.0 Å². The minimum absolute atomic E-state index is 0.0303. The predicted octanol–water partition coefficient (Wildman–Crippen LogP) is 4.86. The third-order valence-corrected chi connectivity index (χ3v) is 7.36. The fourth-order valence-corrected chi connectivity index (χ4v) is 4.98. The van der Waals surface area contributed by atoms with E-state index >= 15 is 4.39 Å². The number of benzene rings is 2. The summed E-state index contributed by atoms with van der Waals surface area (Å²) in [5.41, 5.74) is 8.74. The van der Waals surface area contributed by atoms with E-state index in [0.717, 1.165) is 12.1 Å². The lowest BCUT2D eigenvalue weighted by Crippen LogP contribution is -2.29. The van der Waals surface area contributed by atoms with E-state index in [2.05, 4.69) is 18.2 Å². The number of primary amides is 1. The fourth-order valence-electron chi connectivity index (χ4n) is 4.98. The number of pyridine rings is 1. The Balaban J connectivity index is 0.00000259. The van der Waals surface area contributed by atoms with E-state index in [-0.39, 0.29) is 16.5 Å². The number of aliphatic hydroxyl groups is 1. The molecule has 0 spiro atoms. The molecule has 232 valence electrons. The lowest BCUT2D eigenvalue weighted by atomic mass is 9.85. The zero-order chi connectivity index (χ0) is 32.9. The Kier molecular flexibility index (Phi) is 10.5. The van der Waals surface area contributed by atoms with E-state index < -0.39 is 24.2 Å². The summed E-state index contributed by atoms with van der Waals surface area (Å²) in [4.78, 5) is 34.1. The average Bonchev–Trinajstić information content (AvgIpc) is 3.35. The number of nitrogens with zero attached hydrogens (tertiary/aromatic N) is 4. The molecule has 0 aliphatic heterocycles. The van der Waals surface area contributed by atoms with Crippen LogP contribution in [0.1, 0.15) is 58.2 Å². The number of aliphatic hydroxyl groups excluding tert-OH is 1. The molecule has 2 aromatic heterocycles. The number of hydrogen-bond acceptors (Lipinski definition) is 6. The van der Waals surface area contributed by atoms with Crippen LogP contribution in [0.25, 0.3) is 16.7 Å². The highest BCUT2D eigenvalue weighted by atomic mass is 19.1. The summed E-state index contributed by atoms with van der Waals surface area (Å²) in [5, 5.41) is 14.4. The van der Waals surface area contributed by atoms with E-state index in [9.17, 15) is 14.7 Å². The number of carbonyl (C=O) groups excluding carboxylic acids is 2. The number of anilines is 2.